The van der Waals surface area contributed by atoms with Gasteiger partial charge in [0.05, 0.1) is 32.0 Å². The van der Waals surface area contributed by atoms with Crippen LogP contribution in [0.2, 0.25) is 0 Å². The summed E-state index contributed by atoms with van der Waals surface area (Å²) in [4.78, 5) is 1.98. The number of aliphatic hydroxyl groups is 3. The number of unbranched alkanes of at least 4 members (excludes halogenated alkanes) is 1. The van der Waals surface area contributed by atoms with E-state index in [1.165, 1.54) is 5.56 Å². The van der Waals surface area contributed by atoms with Crippen LogP contribution in [0.3, 0.4) is 0 Å². The molecule has 5 heteroatoms. The fourth-order valence-corrected chi connectivity index (χ4v) is 2.87. The molecule has 0 aliphatic carbocycles. The van der Waals surface area contributed by atoms with E-state index in [-0.39, 0.29) is 12.6 Å². The van der Waals surface area contributed by atoms with E-state index in [2.05, 4.69) is 12.1 Å². The van der Waals surface area contributed by atoms with E-state index < -0.39 is 12.2 Å². The number of β-amino-alcohol motifs (C(OH)–C–C–N with tert-alkyl or cyclic N) is 1. The number of rotatable bonds is 7. The highest BCUT2D eigenvalue weighted by Gasteiger charge is 2.38. The molecule has 1 aromatic rings. The maximum Gasteiger partial charge on any atom is 0.118 e. The number of benzene rings is 1. The minimum Gasteiger partial charge on any atom is -0.497 e. The molecule has 0 radical (unpaired) electrons. The summed E-state index contributed by atoms with van der Waals surface area (Å²) >= 11 is 0. The highest BCUT2D eigenvalue weighted by molar-refractivity contribution is 5.27. The average molecular weight is 295 g/mol. The third kappa shape index (κ3) is 4.17. The summed E-state index contributed by atoms with van der Waals surface area (Å²) < 4.78 is 5.13. The molecule has 0 amide bonds. The van der Waals surface area contributed by atoms with Crippen molar-refractivity contribution < 1.29 is 20.1 Å². The molecule has 0 spiro atoms. The normalized spacial score (nSPS) is 26.2. The van der Waals surface area contributed by atoms with E-state index in [4.69, 9.17) is 4.74 Å². The third-order valence-corrected chi connectivity index (χ3v) is 4.19. The number of ether oxygens (including phenoxy) is 1. The molecule has 0 unspecified atom stereocenters. The zero-order valence-electron chi connectivity index (χ0n) is 12.5. The van der Waals surface area contributed by atoms with Gasteiger partial charge in [0.25, 0.3) is 0 Å². The molecular weight excluding hydrogens is 270 g/mol. The van der Waals surface area contributed by atoms with Crippen molar-refractivity contribution in [2.75, 3.05) is 26.8 Å². The Kier molecular flexibility index (Phi) is 5.99. The molecule has 1 aliphatic heterocycles. The Bertz CT molecular complexity index is 423. The molecule has 118 valence electrons. The van der Waals surface area contributed by atoms with Crippen LogP contribution in [-0.4, -0.2) is 65.3 Å². The van der Waals surface area contributed by atoms with E-state index in [9.17, 15) is 15.3 Å². The van der Waals surface area contributed by atoms with Crippen molar-refractivity contribution in [2.45, 2.75) is 37.5 Å². The van der Waals surface area contributed by atoms with Gasteiger partial charge in [-0.1, -0.05) is 12.1 Å². The van der Waals surface area contributed by atoms with Crippen LogP contribution in [0.5, 0.6) is 5.75 Å². The van der Waals surface area contributed by atoms with Gasteiger partial charge in [-0.05, 0) is 43.5 Å². The largest absolute Gasteiger partial charge is 0.497 e. The van der Waals surface area contributed by atoms with Crippen molar-refractivity contribution in [1.29, 1.82) is 0 Å². The first-order valence-corrected chi connectivity index (χ1v) is 7.49. The predicted molar refractivity (Wildman–Crippen MR) is 80.4 cm³/mol. The zero-order valence-corrected chi connectivity index (χ0v) is 12.5. The SMILES string of the molecule is COc1ccc(CCCCN2C[C@@H](O)[C@H](O)[C@H]2CO)cc1. The summed E-state index contributed by atoms with van der Waals surface area (Å²) in [6, 6.07) is 7.73. The number of nitrogens with zero attached hydrogens (tertiary/aromatic N) is 1. The standard InChI is InChI=1S/C16H25NO4/c1-21-13-7-5-12(6-8-13)4-2-3-9-17-10-15(19)16(20)14(17)11-18/h5-8,14-16,18-20H,2-4,9-11H2,1H3/t14-,15-,16-/m1/s1. The molecule has 0 saturated carbocycles. The molecule has 21 heavy (non-hydrogen) atoms. The summed E-state index contributed by atoms with van der Waals surface area (Å²) in [5.74, 6) is 0.865. The van der Waals surface area contributed by atoms with Crippen LogP contribution in [0, 0.1) is 0 Å². The van der Waals surface area contributed by atoms with Gasteiger partial charge in [-0.15, -0.1) is 0 Å². The second-order valence-corrected chi connectivity index (χ2v) is 5.61. The molecule has 1 heterocycles. The molecule has 0 bridgehead atoms. The Balaban J connectivity index is 1.71. The predicted octanol–water partition coefficient (Wildman–Crippen LogP) is 0.416. The maximum atomic E-state index is 9.75. The molecule has 1 saturated heterocycles. The third-order valence-electron chi connectivity index (χ3n) is 4.19. The van der Waals surface area contributed by atoms with Crippen LogP contribution in [0.4, 0.5) is 0 Å². The van der Waals surface area contributed by atoms with Crippen molar-refractivity contribution in [3.05, 3.63) is 29.8 Å². The summed E-state index contributed by atoms with van der Waals surface area (Å²) in [7, 11) is 1.66. The first-order chi connectivity index (χ1) is 10.2. The van der Waals surface area contributed by atoms with Gasteiger partial charge in [-0.25, -0.2) is 0 Å². The van der Waals surface area contributed by atoms with Crippen LogP contribution in [0.25, 0.3) is 0 Å². The molecule has 0 aromatic heterocycles. The van der Waals surface area contributed by atoms with Crippen LogP contribution in [0.1, 0.15) is 18.4 Å². The summed E-state index contributed by atoms with van der Waals surface area (Å²) in [6.07, 6.45) is 1.42. The van der Waals surface area contributed by atoms with E-state index in [1.54, 1.807) is 7.11 Å². The minimum absolute atomic E-state index is 0.114. The van der Waals surface area contributed by atoms with Gasteiger partial charge < -0.3 is 20.1 Å². The van der Waals surface area contributed by atoms with Crippen LogP contribution in [0.15, 0.2) is 24.3 Å². The number of aliphatic hydroxyl groups excluding tert-OH is 3. The second kappa shape index (κ2) is 7.75. The van der Waals surface area contributed by atoms with E-state index in [0.717, 1.165) is 31.6 Å². The van der Waals surface area contributed by atoms with Gasteiger partial charge in [0.1, 0.15) is 5.75 Å². The molecule has 1 fully saturated rings. The first-order valence-electron chi connectivity index (χ1n) is 7.49. The van der Waals surface area contributed by atoms with E-state index in [1.807, 2.05) is 17.0 Å². The number of aryl methyl sites for hydroxylation is 1. The van der Waals surface area contributed by atoms with Crippen LogP contribution in [-0.2, 0) is 6.42 Å². The Labute approximate surface area is 125 Å². The lowest BCUT2D eigenvalue weighted by molar-refractivity contribution is 0.0216. The lowest BCUT2D eigenvalue weighted by Gasteiger charge is -2.23. The van der Waals surface area contributed by atoms with Crippen molar-refractivity contribution >= 4 is 0 Å². The second-order valence-electron chi connectivity index (χ2n) is 5.61. The fraction of sp³-hybridized carbons (Fsp3) is 0.625. The smallest absolute Gasteiger partial charge is 0.118 e. The molecule has 5 nitrogen and oxygen atoms in total. The van der Waals surface area contributed by atoms with Gasteiger partial charge in [0.15, 0.2) is 0 Å². The monoisotopic (exact) mass is 295 g/mol. The Hall–Kier alpha value is -1.14. The molecule has 1 aromatic carbocycles. The van der Waals surface area contributed by atoms with Crippen LogP contribution >= 0.6 is 0 Å². The van der Waals surface area contributed by atoms with Crippen molar-refractivity contribution in [3.63, 3.8) is 0 Å². The number of likely N-dealkylation sites (tertiary alicyclic amines) is 1. The van der Waals surface area contributed by atoms with Gasteiger partial charge in [-0.2, -0.15) is 0 Å². The highest BCUT2D eigenvalue weighted by Crippen LogP contribution is 2.19. The van der Waals surface area contributed by atoms with E-state index in [0.29, 0.717) is 6.54 Å². The van der Waals surface area contributed by atoms with Gasteiger partial charge in [0, 0.05) is 6.54 Å². The Morgan fingerprint density at radius 1 is 1.19 bits per heavy atom. The van der Waals surface area contributed by atoms with Crippen molar-refractivity contribution in [1.82, 2.24) is 4.90 Å². The highest BCUT2D eigenvalue weighted by atomic mass is 16.5. The molecule has 3 N–H and O–H groups in total. The van der Waals surface area contributed by atoms with E-state index >= 15 is 0 Å². The summed E-state index contributed by atoms with van der Waals surface area (Å²) in [6.45, 7) is 1.11. The molecule has 3 atom stereocenters. The number of hydrogen-bond donors (Lipinski definition) is 3. The number of hydrogen-bond acceptors (Lipinski definition) is 5. The zero-order chi connectivity index (χ0) is 15.2. The van der Waals surface area contributed by atoms with Gasteiger partial charge in [0.2, 0.25) is 0 Å². The maximum absolute atomic E-state index is 9.75. The molecular formula is C16H25NO4. The average Bonchev–Trinajstić information content (AvgIpc) is 2.78. The summed E-state index contributed by atoms with van der Waals surface area (Å²) in [5.41, 5.74) is 1.27. The number of methoxy groups -OCH3 is 1. The minimum atomic E-state index is -0.836. The van der Waals surface area contributed by atoms with Crippen molar-refractivity contribution in [2.24, 2.45) is 0 Å². The lowest BCUT2D eigenvalue weighted by Crippen LogP contribution is -2.39. The van der Waals surface area contributed by atoms with Gasteiger partial charge >= 0.3 is 0 Å². The Morgan fingerprint density at radius 2 is 1.90 bits per heavy atom. The van der Waals surface area contributed by atoms with Crippen LogP contribution < -0.4 is 4.74 Å². The van der Waals surface area contributed by atoms with Gasteiger partial charge in [-0.3, -0.25) is 4.90 Å². The summed E-state index contributed by atoms with van der Waals surface area (Å²) in [5, 5.41) is 28.7. The first kappa shape index (κ1) is 16.2. The van der Waals surface area contributed by atoms with Crippen molar-refractivity contribution in [3.8, 4) is 5.75 Å². The topological polar surface area (TPSA) is 73.2 Å². The molecule has 1 aliphatic rings. The molecule has 2 rings (SSSR count). The lowest BCUT2D eigenvalue weighted by atomic mass is 10.1. The Morgan fingerprint density at radius 3 is 2.52 bits per heavy atom. The quantitative estimate of drug-likeness (QED) is 0.636. The fourth-order valence-electron chi connectivity index (χ4n) is 2.87.